The maximum Gasteiger partial charge on any atom is 0.494 e. The lowest BCUT2D eigenvalue weighted by atomic mass is 9.78. The Hall–Kier alpha value is -6.96. The van der Waals surface area contributed by atoms with E-state index >= 15 is 0 Å². The van der Waals surface area contributed by atoms with Crippen molar-refractivity contribution in [3.8, 4) is 23.3 Å². The topological polar surface area (TPSA) is 142 Å². The van der Waals surface area contributed by atoms with Crippen LogP contribution < -0.4 is 16.1 Å². The van der Waals surface area contributed by atoms with Crippen molar-refractivity contribution >= 4 is 61.7 Å². The molecule has 1 saturated heterocycles. The van der Waals surface area contributed by atoms with Crippen molar-refractivity contribution in [1.29, 1.82) is 10.5 Å². The smallest absolute Gasteiger partial charge is 0.399 e. The van der Waals surface area contributed by atoms with Gasteiger partial charge in [-0.3, -0.25) is 19.9 Å². The van der Waals surface area contributed by atoms with Gasteiger partial charge >= 0.3 is 7.12 Å². The van der Waals surface area contributed by atoms with Crippen molar-refractivity contribution in [1.82, 2.24) is 19.9 Å². The van der Waals surface area contributed by atoms with Gasteiger partial charge < -0.3 is 19.9 Å². The Balaban J connectivity index is 0.000000185. The lowest BCUT2D eigenvalue weighted by Gasteiger charge is -2.32. The normalized spacial score (nSPS) is 14.2. The summed E-state index contributed by atoms with van der Waals surface area (Å²) in [7, 11) is -0.468. The largest absolute Gasteiger partial charge is 0.494 e. The highest BCUT2D eigenvalue weighted by molar-refractivity contribution is 9.10. The van der Waals surface area contributed by atoms with Gasteiger partial charge in [-0.05, 0) is 116 Å². The van der Waals surface area contributed by atoms with E-state index in [9.17, 15) is 10.5 Å². The van der Waals surface area contributed by atoms with Gasteiger partial charge in [-0.2, -0.15) is 10.5 Å². The SMILES string of the molecule is Brc1cccnc1.C.CC(Nc1c(C#N)cnc2ccc(-c3cccnc3)cc12)c1ccccc1.CC(Nc1c(C#N)cnc2ccc(B3OC(C)(C)C(C)(C)O3)cc12)c1ccccc1. The maximum absolute atomic E-state index is 9.70. The Morgan fingerprint density at radius 3 is 1.52 bits per heavy atom. The van der Waals surface area contributed by atoms with Crippen molar-refractivity contribution in [2.24, 2.45) is 0 Å². The summed E-state index contributed by atoms with van der Waals surface area (Å²) in [6.45, 7) is 12.3. The van der Waals surface area contributed by atoms with Gasteiger partial charge in [-0.25, -0.2) is 0 Å². The maximum atomic E-state index is 9.70. The number of anilines is 2. The zero-order valence-electron chi connectivity index (χ0n) is 36.6. The van der Waals surface area contributed by atoms with E-state index in [2.05, 4.69) is 103 Å². The van der Waals surface area contributed by atoms with Gasteiger partial charge in [0, 0.05) is 70.1 Å². The van der Waals surface area contributed by atoms with Crippen molar-refractivity contribution in [2.75, 3.05) is 10.6 Å². The Morgan fingerprint density at radius 2 is 1.08 bits per heavy atom. The number of halogens is 1. The lowest BCUT2D eigenvalue weighted by molar-refractivity contribution is 0.00578. The van der Waals surface area contributed by atoms with Crippen LogP contribution in [0.5, 0.6) is 0 Å². The molecule has 65 heavy (non-hydrogen) atoms. The number of benzene rings is 4. The Kier molecular flexibility index (Phi) is 15.5. The highest BCUT2D eigenvalue weighted by atomic mass is 79.9. The molecular weight excluding hydrogens is 871 g/mol. The van der Waals surface area contributed by atoms with E-state index < -0.39 is 18.3 Å². The monoisotopic (exact) mass is 922 g/mol. The first-order valence-corrected chi connectivity index (χ1v) is 21.8. The number of fused-ring (bicyclic) bond motifs is 2. The molecule has 0 bridgehead atoms. The first kappa shape index (κ1) is 47.5. The second-order valence-electron chi connectivity index (χ2n) is 16.4. The molecule has 326 valence electrons. The van der Waals surface area contributed by atoms with Crippen LogP contribution in [0, 0.1) is 22.7 Å². The molecular formula is C53H52BBrN8O2. The van der Waals surface area contributed by atoms with Gasteiger partial charge in [0.15, 0.2) is 0 Å². The van der Waals surface area contributed by atoms with Crippen LogP contribution in [0.1, 0.15) is 83.3 Å². The Labute approximate surface area is 391 Å². The molecule has 4 aromatic carbocycles. The predicted octanol–water partition coefficient (Wildman–Crippen LogP) is 12.4. The number of hydrogen-bond donors (Lipinski definition) is 2. The highest BCUT2D eigenvalue weighted by Gasteiger charge is 2.51. The van der Waals surface area contributed by atoms with Gasteiger partial charge in [0.25, 0.3) is 0 Å². The molecule has 0 saturated carbocycles. The van der Waals surface area contributed by atoms with Crippen LogP contribution in [-0.2, 0) is 9.31 Å². The number of rotatable bonds is 8. The molecule has 12 heteroatoms. The zero-order valence-corrected chi connectivity index (χ0v) is 38.2. The number of hydrogen-bond acceptors (Lipinski definition) is 10. The molecule has 8 aromatic rings. The van der Waals surface area contributed by atoms with Gasteiger partial charge in [0.05, 0.1) is 44.7 Å². The van der Waals surface area contributed by atoms with E-state index in [4.69, 9.17) is 9.31 Å². The molecule has 5 heterocycles. The summed E-state index contributed by atoms with van der Waals surface area (Å²) >= 11 is 3.25. The van der Waals surface area contributed by atoms with Gasteiger partial charge in [0.2, 0.25) is 0 Å². The van der Waals surface area contributed by atoms with Gasteiger partial charge in [-0.1, -0.05) is 92.4 Å². The second-order valence-corrected chi connectivity index (χ2v) is 17.3. The molecule has 9 rings (SSSR count). The van der Waals surface area contributed by atoms with Crippen LogP contribution in [0.2, 0.25) is 0 Å². The van der Waals surface area contributed by atoms with Crippen molar-refractivity contribution in [2.45, 2.75) is 72.3 Å². The molecule has 1 aliphatic rings. The Bertz CT molecular complexity index is 2910. The average molecular weight is 924 g/mol. The van der Waals surface area contributed by atoms with E-state index in [1.54, 1.807) is 31.0 Å². The van der Waals surface area contributed by atoms with Crippen LogP contribution in [-0.4, -0.2) is 38.3 Å². The van der Waals surface area contributed by atoms with E-state index in [1.807, 2.05) is 125 Å². The molecule has 1 fully saturated rings. The zero-order chi connectivity index (χ0) is 45.3. The summed E-state index contributed by atoms with van der Waals surface area (Å²) in [5, 5.41) is 28.2. The van der Waals surface area contributed by atoms with E-state index in [-0.39, 0.29) is 19.5 Å². The number of aromatic nitrogens is 4. The molecule has 2 N–H and O–H groups in total. The summed E-state index contributed by atoms with van der Waals surface area (Å²) in [6, 6.07) is 44.8. The number of nitrogens with zero attached hydrogens (tertiary/aromatic N) is 6. The van der Waals surface area contributed by atoms with Crippen LogP contribution >= 0.6 is 15.9 Å². The van der Waals surface area contributed by atoms with E-state index in [0.717, 1.165) is 65.4 Å². The average Bonchev–Trinajstić information content (AvgIpc) is 3.55. The fourth-order valence-electron chi connectivity index (χ4n) is 7.15. The number of nitriles is 2. The summed E-state index contributed by atoms with van der Waals surface area (Å²) in [6.07, 6.45) is 10.3. The summed E-state index contributed by atoms with van der Waals surface area (Å²) in [5.41, 5.74) is 8.77. The summed E-state index contributed by atoms with van der Waals surface area (Å²) in [5.74, 6) is 0. The van der Waals surface area contributed by atoms with Gasteiger partial charge in [-0.15, -0.1) is 0 Å². The third kappa shape index (κ3) is 11.2. The first-order valence-electron chi connectivity index (χ1n) is 21.0. The summed E-state index contributed by atoms with van der Waals surface area (Å²) < 4.78 is 13.5. The number of nitrogens with one attached hydrogen (secondary N) is 2. The molecule has 0 aliphatic carbocycles. The third-order valence-corrected chi connectivity index (χ3v) is 11.9. The molecule has 0 spiro atoms. The van der Waals surface area contributed by atoms with Crippen molar-refractivity contribution in [3.05, 3.63) is 185 Å². The van der Waals surface area contributed by atoms with Crippen molar-refractivity contribution < 1.29 is 9.31 Å². The van der Waals surface area contributed by atoms with Crippen LogP contribution in [0.4, 0.5) is 11.4 Å². The molecule has 10 nitrogen and oxygen atoms in total. The van der Waals surface area contributed by atoms with Gasteiger partial charge in [0.1, 0.15) is 12.1 Å². The fraction of sp³-hybridized carbons (Fsp3) is 0.208. The van der Waals surface area contributed by atoms with Crippen LogP contribution in [0.3, 0.4) is 0 Å². The van der Waals surface area contributed by atoms with Crippen LogP contribution in [0.25, 0.3) is 32.9 Å². The van der Waals surface area contributed by atoms with E-state index in [0.29, 0.717) is 11.1 Å². The van der Waals surface area contributed by atoms with Crippen LogP contribution in [0.15, 0.2) is 163 Å². The first-order chi connectivity index (χ1) is 30.9. The standard InChI is InChI=1S/C24H26BN3O2.C23H18N4.C5H4BrN.CH4/c1-16(17-9-7-6-8-10-17)28-22-18(14-26)15-27-21-12-11-19(13-20(21)22)25-29-23(2,3)24(4,5)30-25;1-16(17-6-3-2-4-7-17)27-23-20(13-24)15-26-22-10-9-18(12-21(22)23)19-8-5-11-25-14-19;6-5-2-1-3-7-4-5;/h6-13,15-16H,1-5H3,(H,27,28);2-12,14-16H,1H3,(H,26,27);1-4H;1H4. The molecule has 0 radical (unpaired) electrons. The molecule has 4 aromatic heterocycles. The summed E-state index contributed by atoms with van der Waals surface area (Å²) in [4.78, 5) is 17.0. The van der Waals surface area contributed by atoms with E-state index in [1.165, 1.54) is 0 Å². The third-order valence-electron chi connectivity index (χ3n) is 11.5. The minimum atomic E-state index is -0.468. The predicted molar refractivity (Wildman–Crippen MR) is 267 cm³/mol. The molecule has 2 atom stereocenters. The minimum absolute atomic E-state index is 0. The lowest BCUT2D eigenvalue weighted by Crippen LogP contribution is -2.41. The second kappa shape index (κ2) is 21.1. The molecule has 1 aliphatic heterocycles. The highest BCUT2D eigenvalue weighted by Crippen LogP contribution is 2.37. The molecule has 0 amide bonds. The number of pyridine rings is 4. The quantitative estimate of drug-likeness (QED) is 0.141. The molecule has 2 unspecified atom stereocenters. The Morgan fingerprint density at radius 1 is 0.585 bits per heavy atom. The van der Waals surface area contributed by atoms with Crippen molar-refractivity contribution in [3.63, 3.8) is 0 Å². The fourth-order valence-corrected chi connectivity index (χ4v) is 7.42. The minimum Gasteiger partial charge on any atom is -0.399 e.